The first-order valence-electron chi connectivity index (χ1n) is 8.16. The van der Waals surface area contributed by atoms with Crippen LogP contribution in [0, 0.1) is 0 Å². The maximum atomic E-state index is 12.6. The van der Waals surface area contributed by atoms with Crippen molar-refractivity contribution < 1.29 is 9.53 Å². The average Bonchev–Trinajstić information content (AvgIpc) is 2.94. The molecule has 4 nitrogen and oxygen atoms in total. The number of fused-ring (bicyclic) bond motifs is 1. The van der Waals surface area contributed by atoms with Crippen LogP contribution in [-0.2, 0) is 22.4 Å². The lowest BCUT2D eigenvalue weighted by Gasteiger charge is -2.12. The first-order valence-corrected chi connectivity index (χ1v) is 8.16. The molecule has 0 atom stereocenters. The van der Waals surface area contributed by atoms with E-state index in [4.69, 9.17) is 4.74 Å². The molecule has 1 aliphatic carbocycles. The van der Waals surface area contributed by atoms with E-state index in [9.17, 15) is 4.79 Å². The summed E-state index contributed by atoms with van der Waals surface area (Å²) in [5.74, 6) is -0.202. The van der Waals surface area contributed by atoms with Crippen molar-refractivity contribution in [2.45, 2.75) is 12.8 Å². The molecule has 24 heavy (non-hydrogen) atoms. The van der Waals surface area contributed by atoms with Crippen LogP contribution in [0.3, 0.4) is 0 Å². The predicted octanol–water partition coefficient (Wildman–Crippen LogP) is 2.74. The molecule has 0 fully saturated rings. The molecule has 1 aromatic carbocycles. The van der Waals surface area contributed by atoms with Crippen molar-refractivity contribution in [1.82, 2.24) is 9.88 Å². The fourth-order valence-corrected chi connectivity index (χ4v) is 2.94. The molecule has 0 N–H and O–H groups in total. The predicted molar refractivity (Wildman–Crippen MR) is 94.5 cm³/mol. The number of esters is 1. The Morgan fingerprint density at radius 3 is 2.79 bits per heavy atom. The van der Waals surface area contributed by atoms with Crippen LogP contribution in [-0.4, -0.2) is 43.1 Å². The number of allylic oxidation sites excluding steroid dienone is 1. The largest absolute Gasteiger partial charge is 0.461 e. The molecule has 3 rings (SSSR count). The quantitative estimate of drug-likeness (QED) is 0.767. The summed E-state index contributed by atoms with van der Waals surface area (Å²) >= 11 is 0. The molecule has 2 aromatic rings. The van der Waals surface area contributed by atoms with Crippen LogP contribution in [0.15, 0.2) is 54.4 Å². The van der Waals surface area contributed by atoms with E-state index < -0.39 is 0 Å². The first kappa shape index (κ1) is 16.4. The van der Waals surface area contributed by atoms with Crippen molar-refractivity contribution in [2.24, 2.45) is 0 Å². The topological polar surface area (TPSA) is 42.4 Å². The Labute approximate surface area is 142 Å². The van der Waals surface area contributed by atoms with Gasteiger partial charge in [-0.1, -0.05) is 30.3 Å². The van der Waals surface area contributed by atoms with E-state index in [0.29, 0.717) is 19.4 Å². The van der Waals surface area contributed by atoms with Crippen LogP contribution in [0.1, 0.15) is 16.7 Å². The van der Waals surface area contributed by atoms with Gasteiger partial charge in [-0.15, -0.1) is 0 Å². The Morgan fingerprint density at radius 1 is 1.21 bits per heavy atom. The molecule has 0 bridgehead atoms. The number of hydrogen-bond acceptors (Lipinski definition) is 4. The van der Waals surface area contributed by atoms with Gasteiger partial charge < -0.3 is 9.64 Å². The van der Waals surface area contributed by atoms with Crippen LogP contribution in [0.4, 0.5) is 0 Å². The van der Waals surface area contributed by atoms with Gasteiger partial charge in [-0.05, 0) is 42.4 Å². The van der Waals surface area contributed by atoms with Gasteiger partial charge in [-0.3, -0.25) is 4.98 Å². The summed E-state index contributed by atoms with van der Waals surface area (Å²) in [6, 6.07) is 12.2. The van der Waals surface area contributed by atoms with Gasteiger partial charge in [0.15, 0.2) is 0 Å². The summed E-state index contributed by atoms with van der Waals surface area (Å²) in [6.45, 7) is 1.13. The maximum absolute atomic E-state index is 12.6. The van der Waals surface area contributed by atoms with Crippen LogP contribution in [0.25, 0.3) is 5.57 Å². The number of carbonyl (C=O) groups excluding carboxylic acids is 1. The fourth-order valence-electron chi connectivity index (χ4n) is 2.94. The molecular formula is C20H22N2O2. The van der Waals surface area contributed by atoms with E-state index in [0.717, 1.165) is 28.8 Å². The Kier molecular flexibility index (Phi) is 5.06. The normalized spacial score (nSPS) is 13.3. The number of rotatable bonds is 6. The van der Waals surface area contributed by atoms with Crippen molar-refractivity contribution in [1.29, 1.82) is 0 Å². The molecule has 4 heteroatoms. The van der Waals surface area contributed by atoms with Gasteiger partial charge >= 0.3 is 5.97 Å². The zero-order valence-corrected chi connectivity index (χ0v) is 14.2. The molecule has 0 amide bonds. The second kappa shape index (κ2) is 7.41. The highest BCUT2D eigenvalue weighted by molar-refractivity contribution is 6.01. The van der Waals surface area contributed by atoms with Crippen molar-refractivity contribution in [3.63, 3.8) is 0 Å². The van der Waals surface area contributed by atoms with Crippen molar-refractivity contribution in [3.8, 4) is 0 Å². The van der Waals surface area contributed by atoms with Crippen LogP contribution in [0.2, 0.25) is 0 Å². The number of likely N-dealkylation sites (N-methyl/N-ethyl adjacent to an activating group) is 1. The van der Waals surface area contributed by atoms with Crippen molar-refractivity contribution in [3.05, 3.63) is 71.1 Å². The van der Waals surface area contributed by atoms with Gasteiger partial charge in [0.2, 0.25) is 0 Å². The fraction of sp³-hybridized carbons (Fsp3) is 0.300. The third kappa shape index (κ3) is 3.71. The van der Waals surface area contributed by atoms with E-state index >= 15 is 0 Å². The SMILES string of the molecule is CN(C)CCOC(=O)C1=C(Cc2cccnc2)c2ccccc2C1. The molecule has 124 valence electrons. The number of ether oxygens (including phenoxy) is 1. The lowest BCUT2D eigenvalue weighted by Crippen LogP contribution is -2.21. The molecular weight excluding hydrogens is 300 g/mol. The van der Waals surface area contributed by atoms with E-state index in [-0.39, 0.29) is 5.97 Å². The summed E-state index contributed by atoms with van der Waals surface area (Å²) in [4.78, 5) is 18.8. The molecule has 0 unspecified atom stereocenters. The summed E-state index contributed by atoms with van der Waals surface area (Å²) in [6.07, 6.45) is 4.95. The first-order chi connectivity index (χ1) is 11.6. The van der Waals surface area contributed by atoms with Gasteiger partial charge in [-0.25, -0.2) is 4.79 Å². The maximum Gasteiger partial charge on any atom is 0.334 e. The number of nitrogens with zero attached hydrogens (tertiary/aromatic N) is 2. The third-order valence-corrected chi connectivity index (χ3v) is 4.20. The second-order valence-electron chi connectivity index (χ2n) is 6.27. The van der Waals surface area contributed by atoms with Gasteiger partial charge in [0, 0.05) is 37.4 Å². The minimum absolute atomic E-state index is 0.202. The van der Waals surface area contributed by atoms with Crippen LogP contribution in [0.5, 0.6) is 0 Å². The van der Waals surface area contributed by atoms with Gasteiger partial charge in [0.1, 0.15) is 6.61 Å². The minimum atomic E-state index is -0.202. The summed E-state index contributed by atoms with van der Waals surface area (Å²) in [7, 11) is 3.93. The number of aromatic nitrogens is 1. The standard InChI is InChI=1S/C20H22N2O2/c1-22(2)10-11-24-20(23)19-13-16-7-3-4-8-17(16)18(19)12-15-6-5-9-21-14-15/h3-9,14H,10-13H2,1-2H3. The molecule has 0 aliphatic heterocycles. The van der Waals surface area contributed by atoms with E-state index in [1.54, 1.807) is 6.20 Å². The van der Waals surface area contributed by atoms with Crippen LogP contribution >= 0.6 is 0 Å². The summed E-state index contributed by atoms with van der Waals surface area (Å²) in [5.41, 5.74) is 5.28. The third-order valence-electron chi connectivity index (χ3n) is 4.20. The highest BCUT2D eigenvalue weighted by Gasteiger charge is 2.26. The Morgan fingerprint density at radius 2 is 2.04 bits per heavy atom. The second-order valence-corrected chi connectivity index (χ2v) is 6.27. The monoisotopic (exact) mass is 322 g/mol. The van der Waals surface area contributed by atoms with E-state index in [1.807, 2.05) is 49.5 Å². The molecule has 0 saturated carbocycles. The van der Waals surface area contributed by atoms with Gasteiger partial charge in [0.05, 0.1) is 0 Å². The Balaban J connectivity index is 1.85. The zero-order valence-electron chi connectivity index (χ0n) is 14.2. The number of pyridine rings is 1. The average molecular weight is 322 g/mol. The number of hydrogen-bond donors (Lipinski definition) is 0. The highest BCUT2D eigenvalue weighted by atomic mass is 16.5. The van der Waals surface area contributed by atoms with Crippen molar-refractivity contribution >= 4 is 11.5 Å². The summed E-state index contributed by atoms with van der Waals surface area (Å²) in [5, 5.41) is 0. The summed E-state index contributed by atoms with van der Waals surface area (Å²) < 4.78 is 5.48. The Hall–Kier alpha value is -2.46. The van der Waals surface area contributed by atoms with Gasteiger partial charge in [0.25, 0.3) is 0 Å². The van der Waals surface area contributed by atoms with Crippen molar-refractivity contribution in [2.75, 3.05) is 27.2 Å². The molecule has 0 spiro atoms. The Bertz CT molecular complexity index is 751. The molecule has 1 aromatic heterocycles. The van der Waals surface area contributed by atoms with E-state index in [2.05, 4.69) is 17.1 Å². The lowest BCUT2D eigenvalue weighted by molar-refractivity contribution is -0.139. The molecule has 0 saturated heterocycles. The zero-order chi connectivity index (χ0) is 16.9. The highest BCUT2D eigenvalue weighted by Crippen LogP contribution is 2.35. The smallest absolute Gasteiger partial charge is 0.334 e. The number of benzene rings is 1. The number of carbonyl (C=O) groups is 1. The molecule has 1 aliphatic rings. The molecule has 0 radical (unpaired) electrons. The lowest BCUT2D eigenvalue weighted by atomic mass is 9.99. The minimum Gasteiger partial charge on any atom is -0.461 e. The molecule has 1 heterocycles. The van der Waals surface area contributed by atoms with E-state index in [1.165, 1.54) is 5.56 Å². The van der Waals surface area contributed by atoms with Crippen LogP contribution < -0.4 is 0 Å². The van der Waals surface area contributed by atoms with Gasteiger partial charge in [-0.2, -0.15) is 0 Å².